The molecule has 0 N–H and O–H groups in total. The molecule has 116 valence electrons. The van der Waals surface area contributed by atoms with Gasteiger partial charge in [0.1, 0.15) is 0 Å². The minimum Gasteiger partial charge on any atom is -0.0589 e. The van der Waals surface area contributed by atoms with Crippen molar-refractivity contribution in [2.24, 2.45) is 0 Å². The summed E-state index contributed by atoms with van der Waals surface area (Å²) in [5.41, 5.74) is 5.87. The molecule has 1 aliphatic carbocycles. The van der Waals surface area contributed by atoms with E-state index in [2.05, 4.69) is 76.2 Å². The van der Waals surface area contributed by atoms with E-state index >= 15 is 0 Å². The summed E-state index contributed by atoms with van der Waals surface area (Å²) in [6.07, 6.45) is 0. The van der Waals surface area contributed by atoms with E-state index in [4.69, 9.17) is 0 Å². The van der Waals surface area contributed by atoms with Gasteiger partial charge < -0.3 is 0 Å². The molecule has 0 aromatic rings. The molecular weight excluding hydrogens is 276 g/mol. The van der Waals surface area contributed by atoms with Gasteiger partial charge in [-0.05, 0) is 38.8 Å². The van der Waals surface area contributed by atoms with Crippen LogP contribution >= 0.6 is 0 Å². The monoisotopic (exact) mass is 312 g/mol. The van der Waals surface area contributed by atoms with Crippen molar-refractivity contribution in [3.05, 3.63) is 28.2 Å². The van der Waals surface area contributed by atoms with Gasteiger partial charge in [-0.1, -0.05) is 18.1 Å². The second-order valence-corrected chi connectivity index (χ2v) is 14.1. The second-order valence-electron chi connectivity index (χ2n) is 7.09. The summed E-state index contributed by atoms with van der Waals surface area (Å²) in [5, 5.41) is 0. The second kappa shape index (κ2) is 8.59. The van der Waals surface area contributed by atoms with Crippen LogP contribution in [0.15, 0.2) is 22.3 Å². The first-order valence-electron chi connectivity index (χ1n) is 8.08. The molecule has 0 heterocycles. The fourth-order valence-corrected chi connectivity index (χ4v) is 9.65. The summed E-state index contributed by atoms with van der Waals surface area (Å²) in [6, 6.07) is 0. The van der Waals surface area contributed by atoms with Gasteiger partial charge >= 0.3 is 72.1 Å². The molecule has 1 rings (SSSR count). The van der Waals surface area contributed by atoms with Crippen molar-refractivity contribution in [2.45, 2.75) is 88.8 Å². The topological polar surface area (TPSA) is 0 Å². The first-order valence-corrected chi connectivity index (χ1v) is 10.8. The van der Waals surface area contributed by atoms with Crippen LogP contribution < -0.4 is 0 Å². The fraction of sp³-hybridized carbons (Fsp3) is 0.737. The Morgan fingerprint density at radius 1 is 0.500 bits per heavy atom. The Morgan fingerprint density at radius 3 is 0.800 bits per heavy atom. The summed E-state index contributed by atoms with van der Waals surface area (Å²) >= 11 is -0.722. The maximum Gasteiger partial charge on any atom is 0.0226 e. The SMILES string of the molecule is C[CH](C)[Ti]([CH](C)C)[CH](C)C.C[C]1C(C)=C(C)C(C)=C1C. The van der Waals surface area contributed by atoms with Crippen LogP contribution in [0.1, 0.15) is 76.2 Å². The van der Waals surface area contributed by atoms with Crippen LogP contribution in [0.4, 0.5) is 0 Å². The fourth-order valence-electron chi connectivity index (χ4n) is 3.41. The predicted octanol–water partition coefficient (Wildman–Crippen LogP) is 7.36. The van der Waals surface area contributed by atoms with Crippen LogP contribution in [0.2, 0.25) is 12.7 Å². The molecule has 1 heteroatoms. The zero-order valence-electron chi connectivity index (χ0n) is 15.7. The largest absolute Gasteiger partial charge is 0.0589 e. The Labute approximate surface area is 135 Å². The smallest absolute Gasteiger partial charge is 0.0226 e. The van der Waals surface area contributed by atoms with E-state index in [1.807, 2.05) is 0 Å². The molecule has 1 aliphatic rings. The molecule has 0 atom stereocenters. The normalized spacial score (nSPS) is 16.5. The van der Waals surface area contributed by atoms with Crippen LogP contribution in [0.25, 0.3) is 0 Å². The molecule has 0 saturated heterocycles. The van der Waals surface area contributed by atoms with Gasteiger partial charge in [0, 0.05) is 5.92 Å². The van der Waals surface area contributed by atoms with E-state index in [0.29, 0.717) is 0 Å². The molecule has 0 saturated carbocycles. The molecule has 0 aromatic carbocycles. The van der Waals surface area contributed by atoms with Gasteiger partial charge in [-0.15, -0.1) is 0 Å². The average molecular weight is 312 g/mol. The quantitative estimate of drug-likeness (QED) is 0.478. The summed E-state index contributed by atoms with van der Waals surface area (Å²) < 4.78 is 3.00. The van der Waals surface area contributed by atoms with Crippen molar-refractivity contribution in [3.63, 3.8) is 0 Å². The molecule has 1 radical (unpaired) electrons. The molecule has 0 nitrogen and oxygen atoms in total. The zero-order chi connectivity index (χ0) is 16.2. The van der Waals surface area contributed by atoms with Crippen LogP contribution in [0, 0.1) is 5.92 Å². The van der Waals surface area contributed by atoms with Gasteiger partial charge in [0.05, 0.1) is 0 Å². The molecule has 0 unspecified atom stereocenters. The third-order valence-electron chi connectivity index (χ3n) is 4.81. The minimum atomic E-state index is -0.722. The zero-order valence-corrected chi connectivity index (χ0v) is 17.3. The van der Waals surface area contributed by atoms with E-state index in [0.717, 1.165) is 12.7 Å². The number of rotatable bonds is 3. The van der Waals surface area contributed by atoms with E-state index in [9.17, 15) is 0 Å². The maximum atomic E-state index is 2.40. The molecule has 0 bridgehead atoms. The standard InChI is InChI=1S/C10H15.3C3H7.Ti/c1-6-7(2)9(4)10(5)8(6)3;3*1-3-2;/h1-5H3;3*3H,1-2H3;. The van der Waals surface area contributed by atoms with Gasteiger partial charge in [-0.25, -0.2) is 0 Å². The molecular formula is C19H36Ti. The Kier molecular flexibility index (Phi) is 8.68. The number of hydrogen-bond donors (Lipinski definition) is 0. The van der Waals surface area contributed by atoms with Gasteiger partial charge in [0.25, 0.3) is 0 Å². The number of hydrogen-bond acceptors (Lipinski definition) is 0. The Balaban J connectivity index is 0.000000361. The first kappa shape index (κ1) is 20.2. The molecule has 0 fully saturated rings. The third kappa shape index (κ3) is 5.19. The van der Waals surface area contributed by atoms with Crippen molar-refractivity contribution in [1.82, 2.24) is 0 Å². The molecule has 0 spiro atoms. The Hall–Kier alpha value is 0.194. The van der Waals surface area contributed by atoms with Crippen LogP contribution in [0.5, 0.6) is 0 Å². The predicted molar refractivity (Wildman–Crippen MR) is 91.0 cm³/mol. The van der Waals surface area contributed by atoms with Crippen LogP contribution in [0.3, 0.4) is 0 Å². The minimum absolute atomic E-state index is 0.722. The van der Waals surface area contributed by atoms with Crippen LogP contribution in [-0.4, -0.2) is 0 Å². The first-order chi connectivity index (χ1) is 9.02. The van der Waals surface area contributed by atoms with Gasteiger partial charge in [0.15, 0.2) is 0 Å². The average Bonchev–Trinajstić information content (AvgIpc) is 2.47. The molecule has 0 aromatic heterocycles. The van der Waals surface area contributed by atoms with Gasteiger partial charge in [-0.2, -0.15) is 0 Å². The summed E-state index contributed by atoms with van der Waals surface area (Å²) in [5.74, 6) is 1.47. The molecule has 0 amide bonds. The van der Waals surface area contributed by atoms with Crippen molar-refractivity contribution in [1.29, 1.82) is 0 Å². The van der Waals surface area contributed by atoms with Crippen LogP contribution in [-0.2, 0) is 17.9 Å². The van der Waals surface area contributed by atoms with E-state index in [1.165, 1.54) is 28.2 Å². The van der Waals surface area contributed by atoms with E-state index < -0.39 is 17.9 Å². The van der Waals surface area contributed by atoms with Crippen molar-refractivity contribution in [3.8, 4) is 0 Å². The summed E-state index contributed by atoms with van der Waals surface area (Å²) in [7, 11) is 0. The number of allylic oxidation sites excluding steroid dienone is 4. The van der Waals surface area contributed by atoms with Gasteiger partial charge in [-0.3, -0.25) is 0 Å². The van der Waals surface area contributed by atoms with Crippen molar-refractivity contribution < 1.29 is 17.9 Å². The van der Waals surface area contributed by atoms with Crippen molar-refractivity contribution in [2.75, 3.05) is 0 Å². The molecule has 0 aliphatic heterocycles. The maximum absolute atomic E-state index is 2.40. The van der Waals surface area contributed by atoms with Crippen molar-refractivity contribution >= 4 is 0 Å². The third-order valence-corrected chi connectivity index (χ3v) is 11.1. The summed E-state index contributed by atoms with van der Waals surface area (Å²) in [6.45, 7) is 25.4. The van der Waals surface area contributed by atoms with E-state index in [-0.39, 0.29) is 0 Å². The Morgan fingerprint density at radius 2 is 0.750 bits per heavy atom. The molecule has 20 heavy (non-hydrogen) atoms. The van der Waals surface area contributed by atoms with E-state index in [1.54, 1.807) is 0 Å². The summed E-state index contributed by atoms with van der Waals surface area (Å²) in [4.78, 5) is 0. The van der Waals surface area contributed by atoms with Gasteiger partial charge in [0.2, 0.25) is 0 Å². The Bertz CT molecular complexity index is 326.